The Morgan fingerprint density at radius 3 is 2.17 bits per heavy atom. The number of hydrogen-bond donors (Lipinski definition) is 1. The monoisotopic (exact) mass is 558 g/mol. The lowest BCUT2D eigenvalue weighted by Gasteiger charge is -2.44. The number of aromatic amines is 1. The number of esters is 4. The summed E-state index contributed by atoms with van der Waals surface area (Å²) in [5, 5.41) is 0. The van der Waals surface area contributed by atoms with Gasteiger partial charge in [-0.25, -0.2) is 9.36 Å². The van der Waals surface area contributed by atoms with Crippen molar-refractivity contribution < 1.29 is 47.4 Å². The largest absolute Gasteiger partial charge is 0.463 e. The summed E-state index contributed by atoms with van der Waals surface area (Å²) < 4.78 is 29.8. The molecule has 1 saturated heterocycles. The van der Waals surface area contributed by atoms with Gasteiger partial charge in [0.15, 0.2) is 36.9 Å². The molecule has 0 unspecified atom stereocenters. The maximum Gasteiger partial charge on any atom is 0.330 e. The normalized spacial score (nSPS) is 21.8. The minimum absolute atomic E-state index is 0.140. The third kappa shape index (κ3) is 7.64. The number of aromatic nitrogens is 3. The van der Waals surface area contributed by atoms with E-state index in [0.717, 1.165) is 38.5 Å². The molecule has 14 nitrogen and oxygen atoms in total. The van der Waals surface area contributed by atoms with E-state index in [9.17, 15) is 28.8 Å². The van der Waals surface area contributed by atoms with Gasteiger partial charge in [0, 0.05) is 40.0 Å². The van der Waals surface area contributed by atoms with Crippen LogP contribution in [-0.4, -0.2) is 64.5 Å². The standard InChI is InChI=1S/C26H27N3O11/c1-14(30)36-13-20-21(37-15(2)31)22(38-16(3)32)23(39-17(4)33)25(40-20)29-12-19(24(34)27-26(29)35)9-8-18-7-6-10-28(5)11-18/h6-7,10-12,20-23,25H,13H2,1-5H3/p+1/t20-,21-,22+,23-,25-/m1/s1. The van der Waals surface area contributed by atoms with Crippen LogP contribution in [0.5, 0.6) is 0 Å². The minimum Gasteiger partial charge on any atom is -0.463 e. The molecular weight excluding hydrogens is 530 g/mol. The fourth-order valence-corrected chi connectivity index (χ4v) is 3.99. The van der Waals surface area contributed by atoms with Gasteiger partial charge < -0.3 is 23.7 Å². The highest BCUT2D eigenvalue weighted by Crippen LogP contribution is 2.34. The average Bonchev–Trinajstić information content (AvgIpc) is 2.84. The van der Waals surface area contributed by atoms with Gasteiger partial charge in [-0.1, -0.05) is 11.8 Å². The first kappa shape index (κ1) is 29.8. The number of pyridine rings is 1. The summed E-state index contributed by atoms with van der Waals surface area (Å²) in [6.45, 7) is 3.89. The third-order valence-corrected chi connectivity index (χ3v) is 5.49. The Hall–Kier alpha value is -4.77. The Morgan fingerprint density at radius 2 is 1.57 bits per heavy atom. The Morgan fingerprint density at radius 1 is 0.950 bits per heavy atom. The topological polar surface area (TPSA) is 173 Å². The van der Waals surface area contributed by atoms with Crippen LogP contribution in [0.4, 0.5) is 0 Å². The summed E-state index contributed by atoms with van der Waals surface area (Å²) in [6, 6.07) is 3.48. The van der Waals surface area contributed by atoms with Crippen molar-refractivity contribution in [1.82, 2.24) is 9.55 Å². The van der Waals surface area contributed by atoms with Gasteiger partial charge in [0.2, 0.25) is 0 Å². The summed E-state index contributed by atoms with van der Waals surface area (Å²) in [4.78, 5) is 75.2. The average molecular weight is 559 g/mol. The summed E-state index contributed by atoms with van der Waals surface area (Å²) in [6.07, 6.45) is -2.67. The van der Waals surface area contributed by atoms with Crippen LogP contribution in [0, 0.1) is 11.8 Å². The molecule has 40 heavy (non-hydrogen) atoms. The number of rotatable bonds is 6. The number of nitrogens with one attached hydrogen (secondary N) is 1. The quantitative estimate of drug-likeness (QED) is 0.200. The Kier molecular flexibility index (Phi) is 9.57. The number of ether oxygens (including phenoxy) is 5. The van der Waals surface area contributed by atoms with Crippen LogP contribution in [0.2, 0.25) is 0 Å². The molecule has 1 aliphatic rings. The van der Waals surface area contributed by atoms with E-state index in [4.69, 9.17) is 23.7 Å². The van der Waals surface area contributed by atoms with E-state index in [-0.39, 0.29) is 5.56 Å². The van der Waals surface area contributed by atoms with Crippen LogP contribution in [0.15, 0.2) is 40.3 Å². The molecule has 0 bridgehead atoms. The molecule has 3 rings (SSSR count). The van der Waals surface area contributed by atoms with Crippen molar-refractivity contribution in [3.05, 3.63) is 62.7 Å². The van der Waals surface area contributed by atoms with Crippen molar-refractivity contribution in [2.45, 2.75) is 58.3 Å². The number of H-pyrrole nitrogens is 1. The van der Waals surface area contributed by atoms with E-state index >= 15 is 0 Å². The van der Waals surface area contributed by atoms with Gasteiger partial charge in [0.25, 0.3) is 5.56 Å². The second-order valence-corrected chi connectivity index (χ2v) is 8.81. The molecule has 212 valence electrons. The number of nitrogens with zero attached hydrogens (tertiary/aromatic N) is 2. The van der Waals surface area contributed by atoms with Gasteiger partial charge in [-0.3, -0.25) is 33.5 Å². The van der Waals surface area contributed by atoms with Crippen molar-refractivity contribution in [1.29, 1.82) is 0 Å². The van der Waals surface area contributed by atoms with Gasteiger partial charge >= 0.3 is 29.6 Å². The zero-order valence-corrected chi connectivity index (χ0v) is 22.4. The van der Waals surface area contributed by atoms with Gasteiger partial charge in [0.05, 0.1) is 5.56 Å². The molecule has 5 atom stereocenters. The fourth-order valence-electron chi connectivity index (χ4n) is 3.99. The van der Waals surface area contributed by atoms with Crippen LogP contribution >= 0.6 is 0 Å². The molecule has 1 aliphatic heterocycles. The third-order valence-electron chi connectivity index (χ3n) is 5.49. The van der Waals surface area contributed by atoms with E-state index in [1.165, 1.54) is 0 Å². The van der Waals surface area contributed by atoms with Crippen LogP contribution in [0.3, 0.4) is 0 Å². The molecule has 1 fully saturated rings. The van der Waals surface area contributed by atoms with Gasteiger partial charge in [0.1, 0.15) is 25.3 Å². The van der Waals surface area contributed by atoms with E-state index in [1.807, 2.05) is 0 Å². The first-order valence-corrected chi connectivity index (χ1v) is 12.0. The van der Waals surface area contributed by atoms with Gasteiger partial charge in [-0.2, -0.15) is 0 Å². The van der Waals surface area contributed by atoms with E-state index in [1.54, 1.807) is 36.1 Å². The highest BCUT2D eigenvalue weighted by atomic mass is 16.7. The van der Waals surface area contributed by atoms with Crippen molar-refractivity contribution in [3.63, 3.8) is 0 Å². The zero-order valence-electron chi connectivity index (χ0n) is 22.4. The molecule has 3 heterocycles. The highest BCUT2D eigenvalue weighted by Gasteiger charge is 2.53. The maximum absolute atomic E-state index is 13.0. The Bertz CT molecular complexity index is 1480. The summed E-state index contributed by atoms with van der Waals surface area (Å²) in [5.74, 6) is 2.35. The molecule has 0 saturated carbocycles. The number of carbonyl (C=O) groups is 4. The van der Waals surface area contributed by atoms with Crippen molar-refractivity contribution in [3.8, 4) is 11.8 Å². The van der Waals surface area contributed by atoms with E-state index in [2.05, 4.69) is 16.8 Å². The van der Waals surface area contributed by atoms with Crippen LogP contribution in [-0.2, 0) is 49.9 Å². The molecule has 1 N–H and O–H groups in total. The SMILES string of the molecule is CC(=O)OC[C@H]1O[C@@H](n2cc(C#Cc3ccc[n+](C)c3)c(=O)[nH]c2=O)[C@H](OC(C)=O)[C@@H](OC(C)=O)[C@@H]1OC(C)=O. The van der Waals surface area contributed by atoms with Crippen molar-refractivity contribution in [2.75, 3.05) is 6.61 Å². The molecule has 0 amide bonds. The zero-order chi connectivity index (χ0) is 29.6. The lowest BCUT2D eigenvalue weighted by molar-refractivity contribution is -0.671. The Labute approximate surface area is 227 Å². The van der Waals surface area contributed by atoms with Crippen LogP contribution in [0.1, 0.15) is 45.0 Å². The smallest absolute Gasteiger partial charge is 0.330 e. The second-order valence-electron chi connectivity index (χ2n) is 8.81. The summed E-state index contributed by atoms with van der Waals surface area (Å²) in [5.41, 5.74) is -1.32. The Balaban J connectivity index is 2.16. The number of carbonyl (C=O) groups excluding carboxylic acids is 4. The van der Waals surface area contributed by atoms with E-state index in [0.29, 0.717) is 5.56 Å². The lowest BCUT2D eigenvalue weighted by Crippen LogP contribution is -2.61. The number of hydrogen-bond acceptors (Lipinski definition) is 11. The molecule has 0 aromatic carbocycles. The first-order valence-electron chi connectivity index (χ1n) is 12.0. The van der Waals surface area contributed by atoms with E-state index < -0.39 is 72.4 Å². The molecule has 0 aliphatic carbocycles. The molecular formula is C26H28N3O11+. The highest BCUT2D eigenvalue weighted by molar-refractivity contribution is 5.68. The minimum atomic E-state index is -1.54. The van der Waals surface area contributed by atoms with Gasteiger partial charge in [-0.15, -0.1) is 0 Å². The van der Waals surface area contributed by atoms with Crippen molar-refractivity contribution in [2.24, 2.45) is 7.05 Å². The molecule has 0 spiro atoms. The molecule has 2 aromatic heterocycles. The first-order chi connectivity index (χ1) is 18.8. The summed E-state index contributed by atoms with van der Waals surface area (Å²) >= 11 is 0. The second kappa shape index (κ2) is 12.9. The van der Waals surface area contributed by atoms with Crippen LogP contribution in [0.25, 0.3) is 0 Å². The molecule has 0 radical (unpaired) electrons. The van der Waals surface area contributed by atoms with Crippen LogP contribution < -0.4 is 15.8 Å². The van der Waals surface area contributed by atoms with Gasteiger partial charge in [-0.05, 0) is 6.07 Å². The lowest BCUT2D eigenvalue weighted by atomic mass is 9.97. The number of aryl methyl sites for hydroxylation is 1. The molecule has 14 heteroatoms. The fraction of sp³-hybridized carbons (Fsp3) is 0.423. The maximum atomic E-state index is 13.0. The summed E-state index contributed by atoms with van der Waals surface area (Å²) in [7, 11) is 1.79. The predicted molar refractivity (Wildman–Crippen MR) is 132 cm³/mol. The van der Waals surface area contributed by atoms with Crippen molar-refractivity contribution >= 4 is 23.9 Å². The predicted octanol–water partition coefficient (Wildman–Crippen LogP) is -0.983. The molecule has 2 aromatic rings.